The lowest BCUT2D eigenvalue weighted by Gasteiger charge is -2.33. The SMILES string of the molecule is CCCNC(CO)(Cn1cc(Cl)cn1)c1ccccc1. The van der Waals surface area contributed by atoms with E-state index in [0.717, 1.165) is 18.5 Å². The number of nitrogens with one attached hydrogen (secondary N) is 1. The van der Waals surface area contributed by atoms with Gasteiger partial charge in [0, 0.05) is 6.20 Å². The van der Waals surface area contributed by atoms with E-state index in [9.17, 15) is 5.11 Å². The maximum Gasteiger partial charge on any atom is 0.0867 e. The topological polar surface area (TPSA) is 50.1 Å². The summed E-state index contributed by atoms with van der Waals surface area (Å²) < 4.78 is 1.76. The molecule has 1 atom stereocenters. The number of hydrogen-bond acceptors (Lipinski definition) is 3. The molecule has 0 radical (unpaired) electrons. The van der Waals surface area contributed by atoms with Gasteiger partial charge in [-0.05, 0) is 18.5 Å². The van der Waals surface area contributed by atoms with E-state index in [0.29, 0.717) is 11.6 Å². The number of aromatic nitrogens is 2. The zero-order valence-corrected chi connectivity index (χ0v) is 12.3. The van der Waals surface area contributed by atoms with Gasteiger partial charge in [-0.1, -0.05) is 48.9 Å². The highest BCUT2D eigenvalue weighted by Gasteiger charge is 2.31. The van der Waals surface area contributed by atoms with Crippen molar-refractivity contribution in [2.24, 2.45) is 0 Å². The first kappa shape index (κ1) is 15.0. The van der Waals surface area contributed by atoms with Crippen LogP contribution in [0.3, 0.4) is 0 Å². The van der Waals surface area contributed by atoms with E-state index in [1.807, 2.05) is 30.3 Å². The third-order valence-corrected chi connectivity index (χ3v) is 3.54. The Morgan fingerprint density at radius 3 is 2.65 bits per heavy atom. The van der Waals surface area contributed by atoms with Gasteiger partial charge in [-0.3, -0.25) is 4.68 Å². The fraction of sp³-hybridized carbons (Fsp3) is 0.400. The van der Waals surface area contributed by atoms with Crippen molar-refractivity contribution in [2.45, 2.75) is 25.4 Å². The smallest absolute Gasteiger partial charge is 0.0867 e. The molecule has 108 valence electrons. The molecule has 0 saturated heterocycles. The molecule has 0 amide bonds. The van der Waals surface area contributed by atoms with Gasteiger partial charge in [0.05, 0.1) is 29.9 Å². The molecule has 1 aromatic heterocycles. The first-order chi connectivity index (χ1) is 9.70. The van der Waals surface area contributed by atoms with E-state index >= 15 is 0 Å². The maximum atomic E-state index is 9.99. The Kier molecular flexibility index (Phi) is 5.17. The molecule has 0 aliphatic rings. The molecule has 2 N–H and O–H groups in total. The molecule has 0 aliphatic carbocycles. The molecule has 1 heterocycles. The molecule has 1 aromatic carbocycles. The van der Waals surface area contributed by atoms with Gasteiger partial charge in [0.1, 0.15) is 0 Å². The quantitative estimate of drug-likeness (QED) is 0.824. The zero-order chi connectivity index (χ0) is 14.4. The lowest BCUT2D eigenvalue weighted by Crippen LogP contribution is -2.49. The van der Waals surface area contributed by atoms with Gasteiger partial charge in [0.25, 0.3) is 0 Å². The van der Waals surface area contributed by atoms with Crippen LogP contribution in [0.25, 0.3) is 0 Å². The Bertz CT molecular complexity index is 529. The van der Waals surface area contributed by atoms with Gasteiger partial charge in [-0.25, -0.2) is 0 Å². The first-order valence-corrected chi connectivity index (χ1v) is 7.17. The third-order valence-electron chi connectivity index (χ3n) is 3.34. The van der Waals surface area contributed by atoms with Crippen molar-refractivity contribution in [3.05, 3.63) is 53.3 Å². The Labute approximate surface area is 124 Å². The molecular weight excluding hydrogens is 274 g/mol. The molecule has 20 heavy (non-hydrogen) atoms. The predicted molar refractivity (Wildman–Crippen MR) is 80.7 cm³/mol. The number of aliphatic hydroxyl groups is 1. The Morgan fingerprint density at radius 1 is 1.35 bits per heavy atom. The van der Waals surface area contributed by atoms with E-state index in [-0.39, 0.29) is 6.61 Å². The molecule has 0 fully saturated rings. The number of aliphatic hydroxyl groups excluding tert-OH is 1. The van der Waals surface area contributed by atoms with Crippen LogP contribution in [-0.2, 0) is 12.1 Å². The molecule has 2 rings (SSSR count). The summed E-state index contributed by atoms with van der Waals surface area (Å²) in [6.07, 6.45) is 4.37. The zero-order valence-electron chi connectivity index (χ0n) is 11.6. The second-order valence-electron chi connectivity index (χ2n) is 4.89. The summed E-state index contributed by atoms with van der Waals surface area (Å²) >= 11 is 5.92. The second kappa shape index (κ2) is 6.88. The number of hydrogen-bond donors (Lipinski definition) is 2. The van der Waals surface area contributed by atoms with E-state index in [2.05, 4.69) is 17.3 Å². The van der Waals surface area contributed by atoms with Crippen molar-refractivity contribution in [1.82, 2.24) is 15.1 Å². The summed E-state index contributed by atoms with van der Waals surface area (Å²) in [7, 11) is 0. The van der Waals surface area contributed by atoms with Crippen LogP contribution in [0.4, 0.5) is 0 Å². The normalized spacial score (nSPS) is 14.2. The monoisotopic (exact) mass is 293 g/mol. The maximum absolute atomic E-state index is 9.99. The summed E-state index contributed by atoms with van der Waals surface area (Å²) in [4.78, 5) is 0. The van der Waals surface area contributed by atoms with Gasteiger partial charge in [-0.2, -0.15) is 5.10 Å². The largest absolute Gasteiger partial charge is 0.394 e. The highest BCUT2D eigenvalue weighted by Crippen LogP contribution is 2.23. The average Bonchev–Trinajstić information content (AvgIpc) is 2.89. The summed E-state index contributed by atoms with van der Waals surface area (Å²) in [5.41, 5.74) is 0.495. The molecular formula is C15H20ClN3O. The fourth-order valence-electron chi connectivity index (χ4n) is 2.27. The van der Waals surface area contributed by atoms with Crippen molar-refractivity contribution in [3.8, 4) is 0 Å². The molecule has 0 saturated carbocycles. The van der Waals surface area contributed by atoms with Crippen molar-refractivity contribution in [3.63, 3.8) is 0 Å². The lowest BCUT2D eigenvalue weighted by molar-refractivity contribution is 0.138. The van der Waals surface area contributed by atoms with Gasteiger partial charge in [0.2, 0.25) is 0 Å². The van der Waals surface area contributed by atoms with Crippen LogP contribution in [0.2, 0.25) is 5.02 Å². The Morgan fingerprint density at radius 2 is 2.10 bits per heavy atom. The minimum Gasteiger partial charge on any atom is -0.394 e. The van der Waals surface area contributed by atoms with Crippen LogP contribution in [0.15, 0.2) is 42.7 Å². The van der Waals surface area contributed by atoms with Gasteiger partial charge >= 0.3 is 0 Å². The standard InChI is InChI=1S/C15H20ClN3O/c1-2-8-17-15(12-20,13-6-4-3-5-7-13)11-19-10-14(16)9-18-19/h3-7,9-10,17,20H,2,8,11-12H2,1H3. The number of rotatable bonds is 7. The van der Waals surface area contributed by atoms with Crippen LogP contribution >= 0.6 is 11.6 Å². The molecule has 0 spiro atoms. The van der Waals surface area contributed by atoms with Gasteiger partial charge < -0.3 is 10.4 Å². The number of benzene rings is 1. The minimum absolute atomic E-state index is 0.00546. The fourth-order valence-corrected chi connectivity index (χ4v) is 2.43. The second-order valence-corrected chi connectivity index (χ2v) is 5.33. The predicted octanol–water partition coefficient (Wildman–Crippen LogP) is 2.42. The van der Waals surface area contributed by atoms with Gasteiger partial charge in [-0.15, -0.1) is 0 Å². The van der Waals surface area contributed by atoms with Crippen molar-refractivity contribution in [1.29, 1.82) is 0 Å². The van der Waals surface area contributed by atoms with E-state index < -0.39 is 5.54 Å². The van der Waals surface area contributed by atoms with Crippen molar-refractivity contribution in [2.75, 3.05) is 13.2 Å². The molecule has 0 aliphatic heterocycles. The van der Waals surface area contributed by atoms with E-state index in [4.69, 9.17) is 11.6 Å². The highest BCUT2D eigenvalue weighted by atomic mass is 35.5. The highest BCUT2D eigenvalue weighted by molar-refractivity contribution is 6.30. The minimum atomic E-state index is -0.549. The molecule has 0 bridgehead atoms. The summed E-state index contributed by atoms with van der Waals surface area (Å²) in [5.74, 6) is 0. The van der Waals surface area contributed by atoms with Crippen LogP contribution in [-0.4, -0.2) is 28.0 Å². The van der Waals surface area contributed by atoms with Crippen molar-refractivity contribution >= 4 is 11.6 Å². The average molecular weight is 294 g/mol. The third kappa shape index (κ3) is 3.39. The molecule has 1 unspecified atom stereocenters. The first-order valence-electron chi connectivity index (χ1n) is 6.79. The number of nitrogens with zero attached hydrogens (tertiary/aromatic N) is 2. The summed E-state index contributed by atoms with van der Waals surface area (Å²) in [5, 5.41) is 18.3. The van der Waals surface area contributed by atoms with Gasteiger partial charge in [0.15, 0.2) is 0 Å². The Hall–Kier alpha value is -1.36. The molecule has 2 aromatic rings. The van der Waals surface area contributed by atoms with Crippen LogP contribution < -0.4 is 5.32 Å². The van der Waals surface area contributed by atoms with E-state index in [1.165, 1.54) is 0 Å². The van der Waals surface area contributed by atoms with Crippen molar-refractivity contribution < 1.29 is 5.11 Å². The summed E-state index contributed by atoms with van der Waals surface area (Å²) in [6, 6.07) is 9.96. The Balaban J connectivity index is 2.31. The van der Waals surface area contributed by atoms with E-state index in [1.54, 1.807) is 17.1 Å². The number of halogens is 1. The van der Waals surface area contributed by atoms with Crippen LogP contribution in [0, 0.1) is 0 Å². The molecule has 4 nitrogen and oxygen atoms in total. The summed E-state index contributed by atoms with van der Waals surface area (Å²) in [6.45, 7) is 3.45. The van der Waals surface area contributed by atoms with Crippen LogP contribution in [0.5, 0.6) is 0 Å². The lowest BCUT2D eigenvalue weighted by atomic mass is 9.90. The molecule has 5 heteroatoms. The van der Waals surface area contributed by atoms with Crippen LogP contribution in [0.1, 0.15) is 18.9 Å².